The Morgan fingerprint density at radius 2 is 2.33 bits per heavy atom. The molecule has 0 amide bonds. The minimum absolute atomic E-state index is 0.860. The minimum Gasteiger partial charge on any atom is -0.478 e. The fourth-order valence-corrected chi connectivity index (χ4v) is 1.79. The van der Waals surface area contributed by atoms with Gasteiger partial charge in [0.2, 0.25) is 0 Å². The summed E-state index contributed by atoms with van der Waals surface area (Å²) in [5, 5.41) is 8.63. The number of aliphatic carboxylic acids is 1. The third kappa shape index (κ3) is 2.66. The van der Waals surface area contributed by atoms with Crippen LogP contribution in [0.25, 0.3) is 11.8 Å². The standard InChI is InChI=1S/C14H14N2O2/c1-2-12-5-3-11(4-6-14(17)18)9-13(12)16-8-7-15-10-16/h3-10H,2H2,1H3,(H,17,18). The van der Waals surface area contributed by atoms with Crippen molar-refractivity contribution >= 4 is 12.0 Å². The van der Waals surface area contributed by atoms with E-state index in [4.69, 9.17) is 5.11 Å². The number of benzene rings is 1. The van der Waals surface area contributed by atoms with Crippen LogP contribution in [0.3, 0.4) is 0 Å². The van der Waals surface area contributed by atoms with Gasteiger partial charge in [-0.15, -0.1) is 0 Å². The van der Waals surface area contributed by atoms with Gasteiger partial charge in [-0.1, -0.05) is 19.1 Å². The molecule has 1 N–H and O–H groups in total. The third-order valence-corrected chi connectivity index (χ3v) is 2.69. The zero-order chi connectivity index (χ0) is 13.0. The van der Waals surface area contributed by atoms with Gasteiger partial charge < -0.3 is 9.67 Å². The molecule has 2 rings (SSSR count). The van der Waals surface area contributed by atoms with Crippen molar-refractivity contribution in [2.75, 3.05) is 0 Å². The van der Waals surface area contributed by atoms with Gasteiger partial charge in [-0.2, -0.15) is 0 Å². The van der Waals surface area contributed by atoms with Gasteiger partial charge in [0.1, 0.15) is 0 Å². The summed E-state index contributed by atoms with van der Waals surface area (Å²) < 4.78 is 1.93. The summed E-state index contributed by atoms with van der Waals surface area (Å²) in [5.41, 5.74) is 3.08. The van der Waals surface area contributed by atoms with Crippen LogP contribution in [0.5, 0.6) is 0 Å². The molecule has 2 aromatic rings. The van der Waals surface area contributed by atoms with Crippen LogP contribution in [0.4, 0.5) is 0 Å². The lowest BCUT2D eigenvalue weighted by Gasteiger charge is -2.09. The first kappa shape index (κ1) is 12.1. The Kier molecular flexibility index (Phi) is 3.57. The van der Waals surface area contributed by atoms with E-state index in [9.17, 15) is 4.79 Å². The van der Waals surface area contributed by atoms with Gasteiger partial charge in [-0.25, -0.2) is 9.78 Å². The Balaban J connectivity index is 2.43. The van der Waals surface area contributed by atoms with E-state index in [1.165, 1.54) is 5.56 Å². The molecule has 1 heterocycles. The van der Waals surface area contributed by atoms with Gasteiger partial charge >= 0.3 is 5.97 Å². The molecule has 0 atom stereocenters. The molecule has 0 unspecified atom stereocenters. The molecule has 0 fully saturated rings. The van der Waals surface area contributed by atoms with Crippen LogP contribution in [0, 0.1) is 0 Å². The summed E-state index contributed by atoms with van der Waals surface area (Å²) in [6, 6.07) is 5.88. The fraction of sp³-hybridized carbons (Fsp3) is 0.143. The van der Waals surface area contributed by atoms with Crippen LogP contribution in [0.1, 0.15) is 18.1 Å². The molecule has 4 nitrogen and oxygen atoms in total. The van der Waals surface area contributed by atoms with E-state index < -0.39 is 5.97 Å². The van der Waals surface area contributed by atoms with Crippen LogP contribution in [0.15, 0.2) is 43.0 Å². The number of hydrogen-bond acceptors (Lipinski definition) is 2. The highest BCUT2D eigenvalue weighted by Gasteiger charge is 2.03. The molecule has 1 aromatic carbocycles. The third-order valence-electron chi connectivity index (χ3n) is 2.69. The van der Waals surface area contributed by atoms with Gasteiger partial charge in [-0.05, 0) is 29.7 Å². The number of carbonyl (C=O) groups is 1. The highest BCUT2D eigenvalue weighted by molar-refractivity contribution is 5.85. The Morgan fingerprint density at radius 3 is 2.94 bits per heavy atom. The zero-order valence-corrected chi connectivity index (χ0v) is 10.1. The predicted octanol–water partition coefficient (Wildman–Crippen LogP) is 2.53. The molecule has 1 aromatic heterocycles. The number of hydrogen-bond donors (Lipinski definition) is 1. The topological polar surface area (TPSA) is 55.1 Å². The number of carboxylic acids is 1. The molecule has 0 saturated heterocycles. The smallest absolute Gasteiger partial charge is 0.328 e. The van der Waals surface area contributed by atoms with Crippen LogP contribution < -0.4 is 0 Å². The normalized spacial score (nSPS) is 10.9. The Labute approximate surface area is 105 Å². The first-order valence-electron chi connectivity index (χ1n) is 5.73. The highest BCUT2D eigenvalue weighted by Crippen LogP contribution is 2.18. The van der Waals surface area contributed by atoms with E-state index in [2.05, 4.69) is 11.9 Å². The maximum Gasteiger partial charge on any atom is 0.328 e. The lowest BCUT2D eigenvalue weighted by molar-refractivity contribution is -0.131. The van der Waals surface area contributed by atoms with Crippen molar-refractivity contribution in [2.24, 2.45) is 0 Å². The maximum atomic E-state index is 10.5. The second-order valence-corrected chi connectivity index (χ2v) is 3.88. The lowest BCUT2D eigenvalue weighted by Crippen LogP contribution is -1.97. The van der Waals surface area contributed by atoms with Crippen molar-refractivity contribution in [1.82, 2.24) is 9.55 Å². The van der Waals surface area contributed by atoms with E-state index in [1.54, 1.807) is 18.6 Å². The Bertz CT molecular complexity index is 571. The van der Waals surface area contributed by atoms with E-state index >= 15 is 0 Å². The molecule has 0 spiro atoms. The summed E-state index contributed by atoms with van der Waals surface area (Å²) in [7, 11) is 0. The fourth-order valence-electron chi connectivity index (χ4n) is 1.79. The van der Waals surface area contributed by atoms with Crippen molar-refractivity contribution in [2.45, 2.75) is 13.3 Å². The van der Waals surface area contributed by atoms with E-state index in [0.29, 0.717) is 0 Å². The van der Waals surface area contributed by atoms with E-state index in [0.717, 1.165) is 23.7 Å². The number of carboxylic acid groups (broad SMARTS) is 1. The van der Waals surface area contributed by atoms with Crippen LogP contribution in [-0.4, -0.2) is 20.6 Å². The quantitative estimate of drug-likeness (QED) is 0.838. The second-order valence-electron chi connectivity index (χ2n) is 3.88. The second kappa shape index (κ2) is 5.31. The maximum absolute atomic E-state index is 10.5. The molecule has 92 valence electrons. The molecule has 0 bridgehead atoms. The van der Waals surface area contributed by atoms with E-state index in [-0.39, 0.29) is 0 Å². The van der Waals surface area contributed by atoms with Gasteiger partial charge in [0.15, 0.2) is 0 Å². The first-order chi connectivity index (χ1) is 8.70. The molecule has 0 saturated carbocycles. The van der Waals surface area contributed by atoms with Gasteiger partial charge in [0, 0.05) is 18.5 Å². The van der Waals surface area contributed by atoms with Gasteiger partial charge in [0.25, 0.3) is 0 Å². The molecule has 0 aliphatic heterocycles. The summed E-state index contributed by atoms with van der Waals surface area (Å²) in [6.07, 6.45) is 8.97. The van der Waals surface area contributed by atoms with Crippen LogP contribution >= 0.6 is 0 Å². The zero-order valence-electron chi connectivity index (χ0n) is 10.1. The number of imidazole rings is 1. The molecular formula is C14H14N2O2. The summed E-state index contributed by atoms with van der Waals surface area (Å²) >= 11 is 0. The Hall–Kier alpha value is -2.36. The van der Waals surface area contributed by atoms with Crippen molar-refractivity contribution < 1.29 is 9.90 Å². The SMILES string of the molecule is CCc1ccc(C=CC(=O)O)cc1-n1ccnc1. The molecule has 0 aliphatic rings. The predicted molar refractivity (Wildman–Crippen MR) is 69.6 cm³/mol. The van der Waals surface area contributed by atoms with E-state index in [1.807, 2.05) is 29.0 Å². The summed E-state index contributed by atoms with van der Waals surface area (Å²) in [6.45, 7) is 2.09. The Morgan fingerprint density at radius 1 is 1.50 bits per heavy atom. The van der Waals surface area contributed by atoms with Crippen molar-refractivity contribution in [3.8, 4) is 5.69 Å². The van der Waals surface area contributed by atoms with Crippen molar-refractivity contribution in [1.29, 1.82) is 0 Å². The average Bonchev–Trinajstić information content (AvgIpc) is 2.89. The summed E-state index contributed by atoms with van der Waals surface area (Å²) in [5.74, 6) is -0.946. The van der Waals surface area contributed by atoms with Crippen molar-refractivity contribution in [3.05, 3.63) is 54.1 Å². The van der Waals surface area contributed by atoms with Crippen LogP contribution in [0.2, 0.25) is 0 Å². The lowest BCUT2D eigenvalue weighted by atomic mass is 10.1. The highest BCUT2D eigenvalue weighted by atomic mass is 16.4. The van der Waals surface area contributed by atoms with Gasteiger partial charge in [-0.3, -0.25) is 0 Å². The number of rotatable bonds is 4. The van der Waals surface area contributed by atoms with Crippen LogP contribution in [-0.2, 0) is 11.2 Å². The molecule has 4 heteroatoms. The molecule has 0 radical (unpaired) electrons. The molecular weight excluding hydrogens is 228 g/mol. The van der Waals surface area contributed by atoms with Gasteiger partial charge in [0.05, 0.1) is 12.0 Å². The number of aromatic nitrogens is 2. The molecule has 18 heavy (non-hydrogen) atoms. The number of aryl methyl sites for hydroxylation is 1. The monoisotopic (exact) mass is 242 g/mol. The summed E-state index contributed by atoms with van der Waals surface area (Å²) in [4.78, 5) is 14.5. The minimum atomic E-state index is -0.946. The van der Waals surface area contributed by atoms with Crippen molar-refractivity contribution in [3.63, 3.8) is 0 Å². The number of nitrogens with zero attached hydrogens (tertiary/aromatic N) is 2. The first-order valence-corrected chi connectivity index (χ1v) is 5.73. The molecule has 0 aliphatic carbocycles. The largest absolute Gasteiger partial charge is 0.478 e. The average molecular weight is 242 g/mol.